The van der Waals surface area contributed by atoms with Crippen LogP contribution < -0.4 is 10.6 Å². The molecule has 1 aliphatic rings. The number of thioether (sulfide) groups is 1. The Morgan fingerprint density at radius 3 is 2.47 bits per heavy atom. The first-order valence-corrected chi connectivity index (χ1v) is 6.55. The number of hydrogen-bond donors (Lipinski definition) is 2. The molecule has 1 fully saturated rings. The molecule has 0 aromatic carbocycles. The highest BCUT2D eigenvalue weighted by atomic mass is 32.2. The lowest BCUT2D eigenvalue weighted by Crippen LogP contribution is -2.63. The van der Waals surface area contributed by atoms with Gasteiger partial charge in [0, 0.05) is 0 Å². The third-order valence-corrected chi connectivity index (χ3v) is 3.13. The zero-order valence-corrected chi connectivity index (χ0v) is 10.2. The molecule has 0 unspecified atom stereocenters. The van der Waals surface area contributed by atoms with Gasteiger partial charge in [-0.1, -0.05) is 13.8 Å². The van der Waals surface area contributed by atoms with Crippen LogP contribution in [-0.4, -0.2) is 35.9 Å². The summed E-state index contributed by atoms with van der Waals surface area (Å²) in [5, 5.41) is 5.53. The van der Waals surface area contributed by atoms with Crippen LogP contribution in [0.2, 0.25) is 0 Å². The summed E-state index contributed by atoms with van der Waals surface area (Å²) in [6.45, 7) is 3.85. The van der Waals surface area contributed by atoms with Gasteiger partial charge in [0.1, 0.15) is 12.1 Å². The molecule has 1 aliphatic heterocycles. The van der Waals surface area contributed by atoms with Crippen molar-refractivity contribution in [2.45, 2.75) is 32.4 Å². The van der Waals surface area contributed by atoms with E-state index < -0.39 is 0 Å². The fourth-order valence-electron chi connectivity index (χ4n) is 1.55. The smallest absolute Gasteiger partial charge is 0.243 e. The molecule has 2 N–H and O–H groups in total. The molecular weight excluding hydrogens is 212 g/mol. The molecule has 0 radical (unpaired) electrons. The van der Waals surface area contributed by atoms with E-state index in [1.54, 1.807) is 11.8 Å². The molecule has 86 valence electrons. The predicted molar refractivity (Wildman–Crippen MR) is 61.7 cm³/mol. The molecule has 1 rings (SSSR count). The molecule has 15 heavy (non-hydrogen) atoms. The number of carbonyl (C=O) groups is 2. The Balaban J connectivity index is 2.55. The van der Waals surface area contributed by atoms with E-state index in [-0.39, 0.29) is 29.8 Å². The number of hydrogen-bond acceptors (Lipinski definition) is 3. The maximum absolute atomic E-state index is 11.6. The highest BCUT2D eigenvalue weighted by Crippen LogP contribution is 2.10. The van der Waals surface area contributed by atoms with Crippen molar-refractivity contribution in [3.63, 3.8) is 0 Å². The van der Waals surface area contributed by atoms with Crippen LogP contribution in [-0.2, 0) is 9.59 Å². The number of carbonyl (C=O) groups excluding carboxylic acids is 2. The van der Waals surface area contributed by atoms with E-state index in [9.17, 15) is 9.59 Å². The second kappa shape index (κ2) is 5.39. The molecular formula is C10H18N2O2S. The maximum Gasteiger partial charge on any atom is 0.243 e. The van der Waals surface area contributed by atoms with Crippen molar-refractivity contribution in [1.82, 2.24) is 10.6 Å². The summed E-state index contributed by atoms with van der Waals surface area (Å²) < 4.78 is 0. The standard InChI is InChI=1S/C10H18N2O2S/c1-6(2)8-10(14)11-7(4-5-15-3)9(13)12-8/h6-8H,4-5H2,1-3H3,(H,11,14)(H,12,13)/t7-,8-/m0/s1. The van der Waals surface area contributed by atoms with Gasteiger partial charge >= 0.3 is 0 Å². The maximum atomic E-state index is 11.6. The van der Waals surface area contributed by atoms with Gasteiger partial charge in [0.05, 0.1) is 0 Å². The Morgan fingerprint density at radius 2 is 1.93 bits per heavy atom. The zero-order valence-electron chi connectivity index (χ0n) is 9.37. The molecule has 1 heterocycles. The van der Waals surface area contributed by atoms with E-state index in [0.29, 0.717) is 6.42 Å². The van der Waals surface area contributed by atoms with Gasteiger partial charge in [-0.15, -0.1) is 0 Å². The zero-order chi connectivity index (χ0) is 11.4. The normalized spacial score (nSPS) is 26.4. The third-order valence-electron chi connectivity index (χ3n) is 2.49. The van der Waals surface area contributed by atoms with Gasteiger partial charge in [-0.05, 0) is 24.3 Å². The van der Waals surface area contributed by atoms with E-state index >= 15 is 0 Å². The van der Waals surface area contributed by atoms with Crippen LogP contribution in [0.25, 0.3) is 0 Å². The monoisotopic (exact) mass is 230 g/mol. The van der Waals surface area contributed by atoms with Crippen LogP contribution in [0.15, 0.2) is 0 Å². The largest absolute Gasteiger partial charge is 0.342 e. The lowest BCUT2D eigenvalue weighted by Gasteiger charge is -2.31. The Bertz CT molecular complexity index is 256. The summed E-state index contributed by atoms with van der Waals surface area (Å²) in [5.74, 6) is 0.901. The second-order valence-electron chi connectivity index (χ2n) is 4.07. The van der Waals surface area contributed by atoms with E-state index in [0.717, 1.165) is 5.75 Å². The lowest BCUT2D eigenvalue weighted by molar-refractivity contribution is -0.137. The molecule has 5 heteroatoms. The summed E-state index contributed by atoms with van der Waals surface area (Å²) in [6, 6.07) is -0.719. The third kappa shape index (κ3) is 3.12. The average Bonchev–Trinajstić information content (AvgIpc) is 2.18. The quantitative estimate of drug-likeness (QED) is 0.734. The van der Waals surface area contributed by atoms with E-state index in [1.807, 2.05) is 20.1 Å². The van der Waals surface area contributed by atoms with Crippen molar-refractivity contribution >= 4 is 23.6 Å². The van der Waals surface area contributed by atoms with E-state index in [2.05, 4.69) is 10.6 Å². The summed E-state index contributed by atoms with van der Waals surface area (Å²) >= 11 is 1.67. The van der Waals surface area contributed by atoms with E-state index in [1.165, 1.54) is 0 Å². The van der Waals surface area contributed by atoms with Crippen molar-refractivity contribution in [1.29, 1.82) is 0 Å². The molecule has 4 nitrogen and oxygen atoms in total. The van der Waals surface area contributed by atoms with Crippen molar-refractivity contribution in [2.75, 3.05) is 12.0 Å². The lowest BCUT2D eigenvalue weighted by atomic mass is 9.99. The average molecular weight is 230 g/mol. The Hall–Kier alpha value is -0.710. The van der Waals surface area contributed by atoms with Gasteiger partial charge < -0.3 is 10.6 Å². The molecule has 2 atom stereocenters. The molecule has 0 saturated carbocycles. The summed E-state index contributed by atoms with van der Waals surface area (Å²) in [4.78, 5) is 23.2. The van der Waals surface area contributed by atoms with Gasteiger partial charge in [-0.2, -0.15) is 11.8 Å². The Kier molecular flexibility index (Phi) is 4.45. The Labute approximate surface area is 94.6 Å². The fraction of sp³-hybridized carbons (Fsp3) is 0.800. The van der Waals surface area contributed by atoms with Crippen molar-refractivity contribution in [3.05, 3.63) is 0 Å². The molecule has 0 bridgehead atoms. The fourth-order valence-corrected chi connectivity index (χ4v) is 2.03. The van der Waals surface area contributed by atoms with Crippen molar-refractivity contribution in [3.8, 4) is 0 Å². The summed E-state index contributed by atoms with van der Waals surface area (Å²) in [6.07, 6.45) is 2.68. The first-order chi connectivity index (χ1) is 7.06. The van der Waals surface area contributed by atoms with Gasteiger partial charge in [-0.25, -0.2) is 0 Å². The minimum atomic E-state index is -0.372. The first kappa shape index (κ1) is 12.4. The second-order valence-corrected chi connectivity index (χ2v) is 5.06. The predicted octanol–water partition coefficient (Wildman–Crippen LogP) is 0.379. The van der Waals surface area contributed by atoms with Crippen LogP contribution in [0, 0.1) is 5.92 Å². The van der Waals surface area contributed by atoms with Gasteiger partial charge in [-0.3, -0.25) is 9.59 Å². The number of amides is 2. The minimum absolute atomic E-state index is 0.0534. The first-order valence-electron chi connectivity index (χ1n) is 5.16. The molecule has 2 amide bonds. The number of rotatable bonds is 4. The van der Waals surface area contributed by atoms with Crippen LogP contribution in [0.3, 0.4) is 0 Å². The molecule has 0 aromatic rings. The van der Waals surface area contributed by atoms with Gasteiger partial charge in [0.15, 0.2) is 0 Å². The van der Waals surface area contributed by atoms with Gasteiger partial charge in [0.2, 0.25) is 11.8 Å². The van der Waals surface area contributed by atoms with Crippen LogP contribution >= 0.6 is 11.8 Å². The van der Waals surface area contributed by atoms with Crippen molar-refractivity contribution < 1.29 is 9.59 Å². The highest BCUT2D eigenvalue weighted by Gasteiger charge is 2.34. The summed E-state index contributed by atoms with van der Waals surface area (Å²) in [5.41, 5.74) is 0. The highest BCUT2D eigenvalue weighted by molar-refractivity contribution is 7.98. The molecule has 0 aromatic heterocycles. The van der Waals surface area contributed by atoms with Crippen molar-refractivity contribution in [2.24, 2.45) is 5.92 Å². The SMILES string of the molecule is CSCC[C@@H]1NC(=O)[C@H](C(C)C)NC1=O. The summed E-state index contributed by atoms with van der Waals surface area (Å²) in [7, 11) is 0. The number of nitrogens with one attached hydrogen (secondary N) is 2. The minimum Gasteiger partial charge on any atom is -0.342 e. The topological polar surface area (TPSA) is 58.2 Å². The molecule has 0 aliphatic carbocycles. The van der Waals surface area contributed by atoms with E-state index in [4.69, 9.17) is 0 Å². The van der Waals surface area contributed by atoms with Crippen LogP contribution in [0.5, 0.6) is 0 Å². The Morgan fingerprint density at radius 1 is 1.27 bits per heavy atom. The van der Waals surface area contributed by atoms with Crippen LogP contribution in [0.1, 0.15) is 20.3 Å². The van der Waals surface area contributed by atoms with Crippen LogP contribution in [0.4, 0.5) is 0 Å². The molecule has 0 spiro atoms. The molecule has 1 saturated heterocycles. The van der Waals surface area contributed by atoms with Gasteiger partial charge in [0.25, 0.3) is 0 Å². The number of piperazine rings is 1.